The third-order valence-corrected chi connectivity index (χ3v) is 6.45. The van der Waals surface area contributed by atoms with E-state index < -0.39 is 6.10 Å². The van der Waals surface area contributed by atoms with Crippen LogP contribution in [0, 0.1) is 18.7 Å². The molecule has 1 atom stereocenters. The fraction of sp³-hybridized carbons (Fsp3) is 0.448. The summed E-state index contributed by atoms with van der Waals surface area (Å²) in [4.78, 5) is 14.3. The van der Waals surface area contributed by atoms with Gasteiger partial charge < -0.3 is 14.7 Å². The van der Waals surface area contributed by atoms with Crippen molar-refractivity contribution in [1.82, 2.24) is 14.9 Å². The van der Waals surface area contributed by atoms with E-state index in [0.717, 1.165) is 48.8 Å². The lowest BCUT2D eigenvalue weighted by Crippen LogP contribution is -2.49. The van der Waals surface area contributed by atoms with E-state index in [0.29, 0.717) is 43.5 Å². The number of hydrogen-bond acceptors (Lipinski definition) is 6. The number of nitrogens with zero attached hydrogens (tertiary/aromatic N) is 4. The van der Waals surface area contributed by atoms with Crippen molar-refractivity contribution in [2.75, 3.05) is 50.8 Å². The third kappa shape index (κ3) is 6.87. The molecule has 1 fully saturated rings. The Morgan fingerprint density at radius 3 is 2.33 bits per heavy atom. The summed E-state index contributed by atoms with van der Waals surface area (Å²) in [5, 5.41) is 10.4. The Labute approximate surface area is 213 Å². The quantitative estimate of drug-likeness (QED) is 0.454. The van der Waals surface area contributed by atoms with Crippen LogP contribution in [0.25, 0.3) is 11.4 Å². The predicted octanol–water partition coefficient (Wildman–Crippen LogP) is 4.34. The summed E-state index contributed by atoms with van der Waals surface area (Å²) in [6.07, 6.45) is -0.0624. The van der Waals surface area contributed by atoms with Gasteiger partial charge in [0.1, 0.15) is 11.6 Å². The molecule has 0 radical (unpaired) electrons. The molecule has 1 aliphatic heterocycles. The maximum absolute atomic E-state index is 14.5. The third-order valence-electron chi connectivity index (χ3n) is 6.45. The van der Waals surface area contributed by atoms with Crippen LogP contribution in [0.3, 0.4) is 0 Å². The molecule has 0 amide bonds. The van der Waals surface area contributed by atoms with Gasteiger partial charge in [0.05, 0.1) is 12.7 Å². The summed E-state index contributed by atoms with van der Waals surface area (Å²) < 4.78 is 20.1. The van der Waals surface area contributed by atoms with Crippen LogP contribution in [-0.2, 0) is 11.2 Å². The summed E-state index contributed by atoms with van der Waals surface area (Å²) in [5.74, 6) is 1.79. The number of piperazine rings is 1. The highest BCUT2D eigenvalue weighted by atomic mass is 19.1. The molecule has 0 spiro atoms. The number of aromatic nitrogens is 2. The van der Waals surface area contributed by atoms with Crippen LogP contribution in [0.15, 0.2) is 54.6 Å². The molecule has 2 heterocycles. The first kappa shape index (κ1) is 26.2. The van der Waals surface area contributed by atoms with Gasteiger partial charge in [0.25, 0.3) is 0 Å². The van der Waals surface area contributed by atoms with E-state index in [4.69, 9.17) is 14.7 Å². The fourth-order valence-corrected chi connectivity index (χ4v) is 4.53. The molecular weight excluding hydrogens is 455 g/mol. The summed E-state index contributed by atoms with van der Waals surface area (Å²) in [6, 6.07) is 16.9. The molecule has 4 rings (SSSR count). The van der Waals surface area contributed by atoms with Gasteiger partial charge in [-0.15, -0.1) is 0 Å². The average Bonchev–Trinajstić information content (AvgIpc) is 2.87. The monoisotopic (exact) mass is 492 g/mol. The highest BCUT2D eigenvalue weighted by Gasteiger charge is 2.24. The van der Waals surface area contributed by atoms with Crippen molar-refractivity contribution in [3.63, 3.8) is 0 Å². The first-order chi connectivity index (χ1) is 17.4. The normalized spacial score (nSPS) is 15.4. The minimum Gasteiger partial charge on any atom is -0.389 e. The van der Waals surface area contributed by atoms with Crippen molar-refractivity contribution in [1.29, 1.82) is 0 Å². The minimum atomic E-state index is -0.502. The molecule has 1 N–H and O–H groups in total. The minimum absolute atomic E-state index is 0.214. The lowest BCUT2D eigenvalue weighted by molar-refractivity contribution is 0.00745. The maximum atomic E-state index is 14.5. The highest BCUT2D eigenvalue weighted by Crippen LogP contribution is 2.29. The number of aliphatic hydroxyl groups is 1. The summed E-state index contributed by atoms with van der Waals surface area (Å²) in [7, 11) is 0. The van der Waals surface area contributed by atoms with Crippen molar-refractivity contribution in [3.05, 3.63) is 77.2 Å². The Bertz CT molecular complexity index is 1120. The van der Waals surface area contributed by atoms with Crippen LogP contribution in [0.2, 0.25) is 0 Å². The zero-order valence-electron chi connectivity index (χ0n) is 21.5. The fourth-order valence-electron chi connectivity index (χ4n) is 4.53. The lowest BCUT2D eigenvalue weighted by atomic mass is 10.0. The van der Waals surface area contributed by atoms with Gasteiger partial charge in [-0.1, -0.05) is 62.4 Å². The number of hydrogen-bond donors (Lipinski definition) is 1. The molecule has 0 bridgehead atoms. The van der Waals surface area contributed by atoms with Crippen LogP contribution < -0.4 is 4.90 Å². The van der Waals surface area contributed by atoms with E-state index in [1.807, 2.05) is 49.4 Å². The molecule has 0 unspecified atom stereocenters. The molecule has 1 aromatic heterocycles. The van der Waals surface area contributed by atoms with Crippen LogP contribution in [-0.4, -0.2) is 72.0 Å². The summed E-state index contributed by atoms with van der Waals surface area (Å²) in [6.45, 7) is 11.0. The molecule has 0 aliphatic carbocycles. The number of rotatable bonds is 10. The molecule has 3 aromatic rings. The van der Waals surface area contributed by atoms with E-state index in [2.05, 4.69) is 23.6 Å². The van der Waals surface area contributed by atoms with E-state index in [1.54, 1.807) is 6.07 Å². The second-order valence-electron chi connectivity index (χ2n) is 9.94. The Morgan fingerprint density at radius 1 is 0.944 bits per heavy atom. The zero-order valence-corrected chi connectivity index (χ0v) is 21.5. The molecule has 1 aliphatic rings. The number of ether oxygens (including phenoxy) is 1. The first-order valence-electron chi connectivity index (χ1n) is 12.8. The zero-order chi connectivity index (χ0) is 25.5. The lowest BCUT2D eigenvalue weighted by Gasteiger charge is -2.37. The van der Waals surface area contributed by atoms with Crippen molar-refractivity contribution in [2.45, 2.75) is 33.3 Å². The van der Waals surface area contributed by atoms with Crippen molar-refractivity contribution < 1.29 is 14.2 Å². The maximum Gasteiger partial charge on any atom is 0.161 e. The molecule has 36 heavy (non-hydrogen) atoms. The first-order valence-corrected chi connectivity index (χ1v) is 12.8. The Hall–Kier alpha value is -2.87. The van der Waals surface area contributed by atoms with Gasteiger partial charge in [0.2, 0.25) is 0 Å². The molecule has 192 valence electrons. The smallest absolute Gasteiger partial charge is 0.161 e. The largest absolute Gasteiger partial charge is 0.389 e. The van der Waals surface area contributed by atoms with Crippen molar-refractivity contribution in [3.8, 4) is 11.4 Å². The second kappa shape index (κ2) is 12.4. The van der Waals surface area contributed by atoms with Gasteiger partial charge in [0.15, 0.2) is 5.82 Å². The number of anilines is 1. The summed E-state index contributed by atoms with van der Waals surface area (Å²) >= 11 is 0. The highest BCUT2D eigenvalue weighted by molar-refractivity contribution is 5.61. The molecule has 0 saturated carbocycles. The average molecular weight is 493 g/mol. The Kier molecular flexibility index (Phi) is 9.02. The van der Waals surface area contributed by atoms with Crippen LogP contribution in [0.5, 0.6) is 0 Å². The van der Waals surface area contributed by atoms with Gasteiger partial charge in [-0.25, -0.2) is 14.4 Å². The van der Waals surface area contributed by atoms with Crippen LogP contribution >= 0.6 is 0 Å². The summed E-state index contributed by atoms with van der Waals surface area (Å²) in [5.41, 5.74) is 3.42. The SMILES string of the molecule is Cc1nc(-c2ccccc2)nc(N2CCN(C[C@H](O)COCC(C)C)CC2)c1Cc1ccccc1F. The van der Waals surface area contributed by atoms with E-state index in [9.17, 15) is 9.50 Å². The molecule has 7 heteroatoms. The Balaban J connectivity index is 1.52. The molecule has 6 nitrogen and oxygen atoms in total. The van der Waals surface area contributed by atoms with Crippen molar-refractivity contribution in [2.24, 2.45) is 5.92 Å². The topological polar surface area (TPSA) is 61.7 Å². The van der Waals surface area contributed by atoms with E-state index in [-0.39, 0.29) is 5.82 Å². The number of halogens is 1. The number of aliphatic hydroxyl groups excluding tert-OH is 1. The number of aryl methyl sites for hydroxylation is 1. The van der Waals surface area contributed by atoms with Gasteiger partial charge >= 0.3 is 0 Å². The van der Waals surface area contributed by atoms with Gasteiger partial charge in [-0.2, -0.15) is 0 Å². The Morgan fingerprint density at radius 2 is 1.64 bits per heavy atom. The molecule has 2 aromatic carbocycles. The number of β-amino-alcohol motifs (C(OH)–C–C–N with tert-alkyl or cyclic N) is 1. The number of benzene rings is 2. The van der Waals surface area contributed by atoms with Crippen molar-refractivity contribution >= 4 is 5.82 Å². The van der Waals surface area contributed by atoms with Crippen LogP contribution in [0.4, 0.5) is 10.2 Å². The van der Waals surface area contributed by atoms with E-state index in [1.165, 1.54) is 6.07 Å². The second-order valence-corrected chi connectivity index (χ2v) is 9.94. The van der Waals surface area contributed by atoms with Gasteiger partial charge in [-0.3, -0.25) is 4.90 Å². The van der Waals surface area contributed by atoms with E-state index >= 15 is 0 Å². The standard InChI is InChI=1S/C29H37FN4O2/c1-21(2)19-36-20-25(35)18-33-13-15-34(16-14-33)29-26(17-24-11-7-8-12-27(24)30)22(3)31-28(32-29)23-9-5-4-6-10-23/h4-12,21,25,35H,13-20H2,1-3H3/t25-/m0/s1. The van der Waals surface area contributed by atoms with Gasteiger partial charge in [-0.05, 0) is 24.5 Å². The molecular formula is C29H37FN4O2. The van der Waals surface area contributed by atoms with Crippen LogP contribution in [0.1, 0.15) is 30.7 Å². The predicted molar refractivity (Wildman–Crippen MR) is 142 cm³/mol. The molecule has 1 saturated heterocycles. The van der Waals surface area contributed by atoms with Gasteiger partial charge in [0, 0.05) is 62.6 Å².